The number of rotatable bonds is 5. The predicted octanol–water partition coefficient (Wildman–Crippen LogP) is 0.349. The maximum Gasteiger partial charge on any atom is 0.341 e. The summed E-state index contributed by atoms with van der Waals surface area (Å²) in [7, 11) is 3.13. The van der Waals surface area contributed by atoms with Gasteiger partial charge in [0, 0.05) is 5.56 Å². The van der Waals surface area contributed by atoms with Crippen molar-refractivity contribution in [1.82, 2.24) is 20.2 Å². The van der Waals surface area contributed by atoms with Gasteiger partial charge < -0.3 is 14.6 Å². The van der Waals surface area contributed by atoms with E-state index in [0.717, 1.165) is 0 Å². The lowest BCUT2D eigenvalue weighted by molar-refractivity contribution is -0.139. The van der Waals surface area contributed by atoms with Gasteiger partial charge in [-0.1, -0.05) is 0 Å². The molecule has 2 rings (SSSR count). The second kappa shape index (κ2) is 5.34. The fraction of sp³-hybridized carbons (Fsp3) is 0.273. The van der Waals surface area contributed by atoms with Gasteiger partial charge in [-0.3, -0.25) is 0 Å². The van der Waals surface area contributed by atoms with Crippen LogP contribution in [-0.4, -0.2) is 45.0 Å². The molecule has 1 aromatic heterocycles. The minimum atomic E-state index is -1.05. The van der Waals surface area contributed by atoms with E-state index in [2.05, 4.69) is 15.4 Å². The van der Waals surface area contributed by atoms with Gasteiger partial charge >= 0.3 is 5.97 Å². The summed E-state index contributed by atoms with van der Waals surface area (Å²) >= 11 is 0. The van der Waals surface area contributed by atoms with Crippen LogP contribution in [0, 0.1) is 0 Å². The molecule has 19 heavy (non-hydrogen) atoms. The number of aliphatic carboxylic acids is 1. The quantitative estimate of drug-likeness (QED) is 0.831. The van der Waals surface area contributed by atoms with Crippen LogP contribution >= 0.6 is 0 Å². The molecule has 0 unspecified atom stereocenters. The number of hydrogen-bond acceptors (Lipinski definition) is 6. The first kappa shape index (κ1) is 12.8. The standard InChI is InChI=1S/C11H12N4O4/c1-15-13-11(12-14-15)7-3-4-8(9(5-7)18-2)19-6-10(16)17/h3-5H,6H2,1-2H3,(H,16,17). The van der Waals surface area contributed by atoms with Crippen molar-refractivity contribution in [3.8, 4) is 22.9 Å². The second-order valence-electron chi connectivity index (χ2n) is 3.65. The van der Waals surface area contributed by atoms with E-state index in [-0.39, 0.29) is 0 Å². The topological polar surface area (TPSA) is 99.4 Å². The predicted molar refractivity (Wildman–Crippen MR) is 63.9 cm³/mol. The van der Waals surface area contributed by atoms with Gasteiger partial charge in [-0.15, -0.1) is 10.2 Å². The van der Waals surface area contributed by atoms with Gasteiger partial charge in [0.25, 0.3) is 0 Å². The molecule has 8 nitrogen and oxygen atoms in total. The average Bonchev–Trinajstić information content (AvgIpc) is 2.82. The molecule has 2 aromatic rings. The monoisotopic (exact) mass is 264 g/mol. The van der Waals surface area contributed by atoms with Gasteiger partial charge in [0.05, 0.1) is 14.2 Å². The van der Waals surface area contributed by atoms with Crippen LogP contribution in [0.1, 0.15) is 0 Å². The Kier molecular flexibility index (Phi) is 3.60. The van der Waals surface area contributed by atoms with Crippen molar-refractivity contribution in [2.75, 3.05) is 13.7 Å². The van der Waals surface area contributed by atoms with E-state index < -0.39 is 12.6 Å². The lowest BCUT2D eigenvalue weighted by atomic mass is 10.2. The Morgan fingerprint density at radius 1 is 1.42 bits per heavy atom. The van der Waals surface area contributed by atoms with E-state index in [1.165, 1.54) is 11.9 Å². The van der Waals surface area contributed by atoms with Crippen LogP contribution in [0.3, 0.4) is 0 Å². The number of tetrazole rings is 1. The van der Waals surface area contributed by atoms with E-state index in [1.807, 2.05) is 0 Å². The highest BCUT2D eigenvalue weighted by Gasteiger charge is 2.11. The largest absolute Gasteiger partial charge is 0.493 e. The fourth-order valence-electron chi connectivity index (χ4n) is 1.47. The Labute approximate surface area is 108 Å². The van der Waals surface area contributed by atoms with Gasteiger partial charge in [-0.25, -0.2) is 4.79 Å². The average molecular weight is 264 g/mol. The van der Waals surface area contributed by atoms with Crippen LogP contribution in [0.4, 0.5) is 0 Å². The molecule has 0 aliphatic rings. The van der Waals surface area contributed by atoms with Crippen LogP contribution < -0.4 is 9.47 Å². The molecule has 100 valence electrons. The number of nitrogens with zero attached hydrogens (tertiary/aromatic N) is 4. The third kappa shape index (κ3) is 2.97. The molecule has 1 N–H and O–H groups in total. The number of hydrogen-bond donors (Lipinski definition) is 1. The molecule has 8 heteroatoms. The maximum absolute atomic E-state index is 10.5. The van der Waals surface area contributed by atoms with E-state index in [4.69, 9.17) is 14.6 Å². The van der Waals surface area contributed by atoms with E-state index in [0.29, 0.717) is 22.9 Å². The summed E-state index contributed by atoms with van der Waals surface area (Å²) < 4.78 is 10.2. The summed E-state index contributed by atoms with van der Waals surface area (Å²) in [6.07, 6.45) is 0. The van der Waals surface area contributed by atoms with Gasteiger partial charge in [-0.05, 0) is 23.4 Å². The SMILES string of the molecule is COc1cc(-c2nnn(C)n2)ccc1OCC(=O)O. The lowest BCUT2D eigenvalue weighted by Gasteiger charge is -2.09. The lowest BCUT2D eigenvalue weighted by Crippen LogP contribution is -2.10. The number of aryl methyl sites for hydroxylation is 1. The summed E-state index contributed by atoms with van der Waals surface area (Å²) in [4.78, 5) is 11.8. The summed E-state index contributed by atoms with van der Waals surface area (Å²) in [5.41, 5.74) is 0.702. The van der Waals surface area contributed by atoms with Crippen molar-refractivity contribution in [1.29, 1.82) is 0 Å². The maximum atomic E-state index is 10.5. The summed E-state index contributed by atoms with van der Waals surface area (Å²) in [6.45, 7) is -0.431. The van der Waals surface area contributed by atoms with Crippen molar-refractivity contribution in [3.63, 3.8) is 0 Å². The van der Waals surface area contributed by atoms with Crippen molar-refractivity contribution < 1.29 is 19.4 Å². The number of ether oxygens (including phenoxy) is 2. The highest BCUT2D eigenvalue weighted by Crippen LogP contribution is 2.31. The van der Waals surface area contributed by atoms with Crippen molar-refractivity contribution in [2.24, 2.45) is 7.05 Å². The first-order chi connectivity index (χ1) is 9.10. The van der Waals surface area contributed by atoms with Crippen LogP contribution in [0.5, 0.6) is 11.5 Å². The van der Waals surface area contributed by atoms with Gasteiger partial charge in [0.15, 0.2) is 18.1 Å². The summed E-state index contributed by atoms with van der Waals surface area (Å²) in [6, 6.07) is 4.97. The molecular formula is C11H12N4O4. The highest BCUT2D eigenvalue weighted by molar-refractivity contribution is 5.69. The van der Waals surface area contributed by atoms with Crippen molar-refractivity contribution in [2.45, 2.75) is 0 Å². The molecule has 0 saturated heterocycles. The van der Waals surface area contributed by atoms with Crippen LogP contribution in [0.15, 0.2) is 18.2 Å². The fourth-order valence-corrected chi connectivity index (χ4v) is 1.47. The zero-order valence-corrected chi connectivity index (χ0v) is 10.4. The third-order valence-corrected chi connectivity index (χ3v) is 2.28. The molecule has 0 aliphatic carbocycles. The normalized spacial score (nSPS) is 10.2. The number of carboxylic acid groups (broad SMARTS) is 1. The number of aromatic nitrogens is 4. The molecule has 0 aliphatic heterocycles. The van der Waals surface area contributed by atoms with E-state index in [9.17, 15) is 4.79 Å². The Morgan fingerprint density at radius 2 is 2.21 bits per heavy atom. The second-order valence-corrected chi connectivity index (χ2v) is 3.65. The van der Waals surface area contributed by atoms with Crippen LogP contribution in [0.25, 0.3) is 11.4 Å². The zero-order valence-electron chi connectivity index (χ0n) is 10.4. The van der Waals surface area contributed by atoms with Gasteiger partial charge in [0.2, 0.25) is 5.82 Å². The first-order valence-electron chi connectivity index (χ1n) is 5.37. The van der Waals surface area contributed by atoms with Crippen molar-refractivity contribution >= 4 is 5.97 Å². The molecule has 0 bridgehead atoms. The Balaban J connectivity index is 2.27. The molecule has 0 radical (unpaired) electrons. The highest BCUT2D eigenvalue weighted by atomic mass is 16.5. The van der Waals surface area contributed by atoms with E-state index >= 15 is 0 Å². The number of carbonyl (C=O) groups is 1. The molecular weight excluding hydrogens is 252 g/mol. The molecule has 0 atom stereocenters. The molecule has 0 saturated carbocycles. The minimum Gasteiger partial charge on any atom is -0.493 e. The number of benzene rings is 1. The first-order valence-corrected chi connectivity index (χ1v) is 5.37. The summed E-state index contributed by atoms with van der Waals surface area (Å²) in [5, 5.41) is 20.3. The molecule has 1 heterocycles. The zero-order chi connectivity index (χ0) is 13.8. The summed E-state index contributed by atoms with van der Waals surface area (Å²) in [5.74, 6) is 0.149. The molecule has 0 fully saturated rings. The van der Waals surface area contributed by atoms with Crippen molar-refractivity contribution in [3.05, 3.63) is 18.2 Å². The number of methoxy groups -OCH3 is 1. The van der Waals surface area contributed by atoms with E-state index in [1.54, 1.807) is 25.2 Å². The van der Waals surface area contributed by atoms with Gasteiger partial charge in [0.1, 0.15) is 0 Å². The molecule has 0 amide bonds. The smallest absolute Gasteiger partial charge is 0.341 e. The Hall–Kier alpha value is -2.64. The Morgan fingerprint density at radius 3 is 2.79 bits per heavy atom. The van der Waals surface area contributed by atoms with Crippen LogP contribution in [0.2, 0.25) is 0 Å². The van der Waals surface area contributed by atoms with Crippen LogP contribution in [-0.2, 0) is 11.8 Å². The molecule has 0 spiro atoms. The molecule has 1 aromatic carbocycles. The Bertz CT molecular complexity index is 596. The van der Waals surface area contributed by atoms with Gasteiger partial charge in [-0.2, -0.15) is 4.80 Å². The number of carboxylic acids is 1. The minimum absolute atomic E-state index is 0.345. The third-order valence-electron chi connectivity index (χ3n) is 2.28.